The zero-order chi connectivity index (χ0) is 19.7. The van der Waals surface area contributed by atoms with Crippen LogP contribution in [0.5, 0.6) is 0 Å². The Morgan fingerprint density at radius 1 is 1.11 bits per heavy atom. The number of aromatic amines is 1. The van der Waals surface area contributed by atoms with E-state index in [1.807, 2.05) is 37.3 Å². The van der Waals surface area contributed by atoms with E-state index < -0.39 is 5.97 Å². The minimum absolute atomic E-state index is 0.107. The lowest BCUT2D eigenvalue weighted by Gasteiger charge is -2.30. The van der Waals surface area contributed by atoms with Crippen molar-refractivity contribution in [1.29, 1.82) is 0 Å². The largest absolute Gasteiger partial charge is 0.464 e. The lowest BCUT2D eigenvalue weighted by Crippen LogP contribution is -3.16. The van der Waals surface area contributed by atoms with Gasteiger partial charge in [-0.25, -0.2) is 4.79 Å². The third-order valence-corrected chi connectivity index (χ3v) is 5.60. The number of quaternary nitrogens is 1. The van der Waals surface area contributed by atoms with Gasteiger partial charge in [0.25, 0.3) is 5.91 Å². The van der Waals surface area contributed by atoms with Crippen LogP contribution in [-0.4, -0.2) is 36.6 Å². The first-order valence-electron chi connectivity index (χ1n) is 9.49. The Kier molecular flexibility index (Phi) is 4.88. The number of carbonyl (C=O) groups is 2. The molecule has 0 saturated heterocycles. The molecule has 2 heterocycles. The highest BCUT2D eigenvalue weighted by atomic mass is 16.5. The highest BCUT2D eigenvalue weighted by Crippen LogP contribution is 2.28. The Bertz CT molecular complexity index is 1040. The molecule has 0 radical (unpaired) electrons. The maximum atomic E-state index is 13.0. The molecule has 1 aliphatic heterocycles. The van der Waals surface area contributed by atoms with Crippen LogP contribution in [0.25, 0.3) is 10.9 Å². The molecule has 4 rings (SSSR count). The summed E-state index contributed by atoms with van der Waals surface area (Å²) >= 11 is 0. The molecule has 6 heteroatoms. The van der Waals surface area contributed by atoms with Gasteiger partial charge in [-0.2, -0.15) is 0 Å². The Morgan fingerprint density at radius 2 is 1.82 bits per heavy atom. The summed E-state index contributed by atoms with van der Waals surface area (Å²) in [6, 6.07) is 15.7. The van der Waals surface area contributed by atoms with E-state index in [4.69, 9.17) is 4.74 Å². The van der Waals surface area contributed by atoms with Gasteiger partial charge >= 0.3 is 5.97 Å². The van der Waals surface area contributed by atoms with Crippen molar-refractivity contribution in [2.45, 2.75) is 25.9 Å². The van der Waals surface area contributed by atoms with Crippen LogP contribution < -0.4 is 10.2 Å². The molecule has 144 valence electrons. The molecule has 3 aromatic rings. The van der Waals surface area contributed by atoms with E-state index >= 15 is 0 Å². The van der Waals surface area contributed by atoms with Crippen molar-refractivity contribution >= 4 is 28.5 Å². The Hall–Kier alpha value is -3.12. The Labute approximate surface area is 163 Å². The van der Waals surface area contributed by atoms with Crippen LogP contribution in [-0.2, 0) is 22.5 Å². The third kappa shape index (κ3) is 3.27. The van der Waals surface area contributed by atoms with Gasteiger partial charge in [-0.1, -0.05) is 42.5 Å². The van der Waals surface area contributed by atoms with E-state index in [0.717, 1.165) is 30.4 Å². The molecule has 2 aromatic carbocycles. The maximum Gasteiger partial charge on any atom is 0.356 e. The van der Waals surface area contributed by atoms with Crippen molar-refractivity contribution in [3.05, 3.63) is 65.4 Å². The Morgan fingerprint density at radius 3 is 2.61 bits per heavy atom. The molecule has 28 heavy (non-hydrogen) atoms. The van der Waals surface area contributed by atoms with Crippen LogP contribution in [0.15, 0.2) is 48.5 Å². The summed E-state index contributed by atoms with van der Waals surface area (Å²) in [6.45, 7) is 3.66. The van der Waals surface area contributed by atoms with Crippen molar-refractivity contribution in [1.82, 2.24) is 4.98 Å². The second-order valence-corrected chi connectivity index (χ2v) is 7.23. The van der Waals surface area contributed by atoms with Crippen molar-refractivity contribution in [2.75, 3.05) is 19.0 Å². The van der Waals surface area contributed by atoms with Crippen LogP contribution in [0.2, 0.25) is 0 Å². The first-order valence-corrected chi connectivity index (χ1v) is 9.49. The highest BCUT2D eigenvalue weighted by Gasteiger charge is 2.30. The number of para-hydroxylation sites is 1. The number of ether oxygens (including phenoxy) is 1. The van der Waals surface area contributed by atoms with Gasteiger partial charge in [0.15, 0.2) is 6.04 Å². The number of rotatable bonds is 4. The number of aromatic nitrogens is 1. The van der Waals surface area contributed by atoms with E-state index in [0.29, 0.717) is 5.69 Å². The molecule has 1 amide bonds. The monoisotopic (exact) mass is 378 g/mol. The smallest absolute Gasteiger partial charge is 0.356 e. The number of methoxy groups -OCH3 is 1. The van der Waals surface area contributed by atoms with E-state index in [-0.39, 0.29) is 17.6 Å². The summed E-state index contributed by atoms with van der Waals surface area (Å²) in [4.78, 5) is 29.5. The molecule has 0 spiro atoms. The van der Waals surface area contributed by atoms with Crippen LogP contribution in [0.1, 0.15) is 28.5 Å². The summed E-state index contributed by atoms with van der Waals surface area (Å²) in [5, 5.41) is 3.77. The number of anilines is 1. The number of H-pyrrole nitrogens is 1. The summed E-state index contributed by atoms with van der Waals surface area (Å²) in [6.07, 6.45) is 0.962. The highest BCUT2D eigenvalue weighted by molar-refractivity contribution is 6.11. The lowest BCUT2D eigenvalue weighted by atomic mass is 9.98. The summed E-state index contributed by atoms with van der Waals surface area (Å²) in [5.41, 5.74) is 4.19. The minimum atomic E-state index is -0.501. The summed E-state index contributed by atoms with van der Waals surface area (Å²) in [5.74, 6) is -0.609. The SMILES string of the molecule is COC(=O)c1[nH]c2ccccc2c1NC(=O)[C@H](C)[NH+]1CCc2ccccc2C1. The number of esters is 1. The Balaban J connectivity index is 1.58. The van der Waals surface area contributed by atoms with Gasteiger partial charge < -0.3 is 19.9 Å². The van der Waals surface area contributed by atoms with Crippen LogP contribution >= 0.6 is 0 Å². The molecule has 1 aliphatic rings. The lowest BCUT2D eigenvalue weighted by molar-refractivity contribution is -0.929. The van der Waals surface area contributed by atoms with Crippen LogP contribution in [0.4, 0.5) is 5.69 Å². The second kappa shape index (κ2) is 7.48. The average Bonchev–Trinajstić information content (AvgIpc) is 3.10. The van der Waals surface area contributed by atoms with E-state index in [1.54, 1.807) is 0 Å². The molecule has 2 atom stereocenters. The van der Waals surface area contributed by atoms with Crippen LogP contribution in [0.3, 0.4) is 0 Å². The number of fused-ring (bicyclic) bond motifs is 2. The van der Waals surface area contributed by atoms with Gasteiger partial charge in [-0.05, 0) is 18.6 Å². The second-order valence-electron chi connectivity index (χ2n) is 7.23. The first-order chi connectivity index (χ1) is 13.6. The van der Waals surface area contributed by atoms with Gasteiger partial charge in [0.2, 0.25) is 0 Å². The maximum absolute atomic E-state index is 13.0. The molecular weight excluding hydrogens is 354 g/mol. The van der Waals surface area contributed by atoms with Crippen molar-refractivity contribution in [3.8, 4) is 0 Å². The van der Waals surface area contributed by atoms with E-state index in [1.165, 1.54) is 23.1 Å². The van der Waals surface area contributed by atoms with Crippen molar-refractivity contribution < 1.29 is 19.2 Å². The molecule has 6 nitrogen and oxygen atoms in total. The zero-order valence-electron chi connectivity index (χ0n) is 16.0. The number of amides is 1. The van der Waals surface area contributed by atoms with Crippen LogP contribution in [0, 0.1) is 0 Å². The number of benzene rings is 2. The van der Waals surface area contributed by atoms with Gasteiger partial charge in [-0.3, -0.25) is 4.79 Å². The van der Waals surface area contributed by atoms with Gasteiger partial charge in [0.05, 0.1) is 19.3 Å². The van der Waals surface area contributed by atoms with Gasteiger partial charge in [-0.15, -0.1) is 0 Å². The fraction of sp³-hybridized carbons (Fsp3) is 0.273. The van der Waals surface area contributed by atoms with Gasteiger partial charge in [0, 0.05) is 22.9 Å². The molecule has 3 N–H and O–H groups in total. The minimum Gasteiger partial charge on any atom is -0.464 e. The number of carbonyl (C=O) groups excluding carboxylic acids is 2. The molecule has 1 aromatic heterocycles. The van der Waals surface area contributed by atoms with Crippen molar-refractivity contribution in [2.24, 2.45) is 0 Å². The first kappa shape index (κ1) is 18.3. The van der Waals surface area contributed by atoms with Crippen molar-refractivity contribution in [3.63, 3.8) is 0 Å². The van der Waals surface area contributed by atoms with Gasteiger partial charge in [0.1, 0.15) is 12.2 Å². The average molecular weight is 378 g/mol. The fourth-order valence-corrected chi connectivity index (χ4v) is 3.92. The molecule has 0 bridgehead atoms. The molecule has 0 fully saturated rings. The quantitative estimate of drug-likeness (QED) is 0.607. The van der Waals surface area contributed by atoms with E-state index in [9.17, 15) is 9.59 Å². The molecular formula is C22H24N3O3+. The topological polar surface area (TPSA) is 75.6 Å². The third-order valence-electron chi connectivity index (χ3n) is 5.60. The predicted molar refractivity (Wildman–Crippen MR) is 107 cm³/mol. The zero-order valence-corrected chi connectivity index (χ0v) is 16.0. The summed E-state index contributed by atoms with van der Waals surface area (Å²) < 4.78 is 4.88. The number of hydrogen-bond acceptors (Lipinski definition) is 3. The summed E-state index contributed by atoms with van der Waals surface area (Å²) in [7, 11) is 1.33. The van der Waals surface area contributed by atoms with E-state index in [2.05, 4.69) is 28.5 Å². The number of hydrogen-bond donors (Lipinski definition) is 3. The molecule has 0 saturated carbocycles. The standard InChI is InChI=1S/C22H23N3O3/c1-14(25-12-11-15-7-3-4-8-16(15)13-25)21(26)24-19-17-9-5-6-10-18(17)23-20(19)22(27)28-2/h3-10,14,23H,11-13H2,1-2H3,(H,24,26)/p+1/t14-/m0/s1. The fourth-order valence-electron chi connectivity index (χ4n) is 3.92. The molecule has 1 unspecified atom stereocenters. The number of nitrogens with one attached hydrogen (secondary N) is 3. The predicted octanol–water partition coefficient (Wildman–Crippen LogP) is 1.92. The molecule has 0 aliphatic carbocycles. The normalized spacial score (nSPS) is 17.0.